The Morgan fingerprint density at radius 3 is 1.78 bits per heavy atom. The number of hydrogen-bond acceptors (Lipinski definition) is 3. The molecule has 4 heteroatoms. The molecule has 1 aromatic heterocycles. The molecule has 0 atom stereocenters. The maximum atomic E-state index is 10.3. The molecule has 0 saturated heterocycles. The van der Waals surface area contributed by atoms with Gasteiger partial charge in [-0.05, 0) is 165 Å². The van der Waals surface area contributed by atoms with Gasteiger partial charge in [-0.3, -0.25) is 0 Å². The fraction of sp³-hybridized carbons (Fsp3) is 0.0476. The van der Waals surface area contributed by atoms with Gasteiger partial charge in [0.2, 0.25) is 0 Å². The van der Waals surface area contributed by atoms with Gasteiger partial charge in [-0.25, -0.2) is 0 Å². The predicted octanol–water partition coefficient (Wildman–Crippen LogP) is 16.7. The summed E-state index contributed by atoms with van der Waals surface area (Å²) >= 11 is 0. The molecular formula is C63H47N3O. The average Bonchev–Trinajstić information content (AvgIpc) is 3.82. The van der Waals surface area contributed by atoms with Crippen LogP contribution in [0.25, 0.3) is 60.9 Å². The van der Waals surface area contributed by atoms with Gasteiger partial charge < -0.3 is 19.5 Å². The third kappa shape index (κ3) is 6.76. The van der Waals surface area contributed by atoms with Gasteiger partial charge in [-0.15, -0.1) is 0 Å². The van der Waals surface area contributed by atoms with Crippen molar-refractivity contribution in [2.24, 2.45) is 0 Å². The summed E-state index contributed by atoms with van der Waals surface area (Å²) in [6.07, 6.45) is 6.62. The number of para-hydroxylation sites is 3. The van der Waals surface area contributed by atoms with Gasteiger partial charge in [0.15, 0.2) is 0 Å². The fourth-order valence-electron chi connectivity index (χ4n) is 10.4. The van der Waals surface area contributed by atoms with Crippen LogP contribution in [0.4, 0.5) is 28.4 Å². The molecule has 0 fully saturated rings. The Morgan fingerprint density at radius 2 is 1.06 bits per heavy atom. The third-order valence-corrected chi connectivity index (χ3v) is 13.8. The second kappa shape index (κ2) is 15.8. The lowest BCUT2D eigenvalue weighted by Crippen LogP contribution is -2.17. The lowest BCUT2D eigenvalue weighted by Gasteiger charge is -2.29. The zero-order valence-corrected chi connectivity index (χ0v) is 37.4. The van der Waals surface area contributed by atoms with Gasteiger partial charge in [0, 0.05) is 56.4 Å². The summed E-state index contributed by atoms with van der Waals surface area (Å²) in [6.45, 7) is 9.38. The highest BCUT2D eigenvalue weighted by atomic mass is 16.3. The molecule has 0 radical (unpaired) electrons. The van der Waals surface area contributed by atoms with E-state index in [0.717, 1.165) is 67.5 Å². The Hall–Kier alpha value is -8.60. The van der Waals surface area contributed by atoms with E-state index in [-0.39, 0.29) is 11.2 Å². The number of phenols is 1. The summed E-state index contributed by atoms with van der Waals surface area (Å²) in [5.74, 6) is 0.227. The number of aromatic hydroxyl groups is 1. The number of aromatic nitrogens is 1. The number of rotatable bonds is 7. The minimum absolute atomic E-state index is 0.128. The molecule has 12 rings (SSSR count). The molecule has 1 N–H and O–H groups in total. The van der Waals surface area contributed by atoms with Crippen LogP contribution in [-0.2, 0) is 5.41 Å². The highest BCUT2D eigenvalue weighted by Crippen LogP contribution is 2.52. The van der Waals surface area contributed by atoms with Crippen molar-refractivity contribution in [3.63, 3.8) is 0 Å². The molecule has 9 aromatic carbocycles. The summed E-state index contributed by atoms with van der Waals surface area (Å²) < 4.78 is 2.35. The topological polar surface area (TPSA) is 31.6 Å². The fourth-order valence-corrected chi connectivity index (χ4v) is 10.4. The van der Waals surface area contributed by atoms with Crippen LogP contribution in [0, 0.1) is 0 Å². The number of anilines is 5. The minimum atomic E-state index is -0.128. The van der Waals surface area contributed by atoms with Crippen molar-refractivity contribution in [3.05, 3.63) is 260 Å². The molecular weight excluding hydrogens is 815 g/mol. The summed E-state index contributed by atoms with van der Waals surface area (Å²) in [7, 11) is 0. The van der Waals surface area contributed by atoms with Crippen molar-refractivity contribution in [3.8, 4) is 33.7 Å². The zero-order chi connectivity index (χ0) is 45.2. The Balaban J connectivity index is 0.902. The number of allylic oxidation sites excluding steroid dienone is 4. The lowest BCUT2D eigenvalue weighted by atomic mass is 9.81. The van der Waals surface area contributed by atoms with E-state index in [2.05, 4.69) is 235 Å². The van der Waals surface area contributed by atoms with E-state index in [1.807, 2.05) is 12.1 Å². The normalized spacial score (nSPS) is 15.0. The van der Waals surface area contributed by atoms with Gasteiger partial charge in [0.05, 0.1) is 16.7 Å². The van der Waals surface area contributed by atoms with E-state index in [1.54, 1.807) is 12.1 Å². The maximum Gasteiger partial charge on any atom is 0.115 e. The average molecular weight is 862 g/mol. The van der Waals surface area contributed by atoms with Crippen LogP contribution in [0.3, 0.4) is 0 Å². The van der Waals surface area contributed by atoms with Crippen molar-refractivity contribution < 1.29 is 5.11 Å². The van der Waals surface area contributed by atoms with E-state index in [0.29, 0.717) is 0 Å². The number of hydrogen-bond donors (Lipinski definition) is 1. The van der Waals surface area contributed by atoms with Crippen LogP contribution in [0.1, 0.15) is 36.1 Å². The summed E-state index contributed by atoms with van der Waals surface area (Å²) in [5, 5.41) is 12.8. The molecule has 67 heavy (non-hydrogen) atoms. The Morgan fingerprint density at radius 1 is 0.478 bits per heavy atom. The number of phenolic OH excluding ortho intramolecular Hbond substituents is 1. The van der Waals surface area contributed by atoms with Crippen molar-refractivity contribution >= 4 is 61.4 Å². The van der Waals surface area contributed by atoms with Crippen molar-refractivity contribution in [1.29, 1.82) is 0 Å². The maximum absolute atomic E-state index is 10.3. The highest BCUT2D eigenvalue weighted by Gasteiger charge is 2.37. The summed E-state index contributed by atoms with van der Waals surface area (Å²) in [5.41, 5.74) is 20.3. The number of benzene rings is 9. The first-order valence-electron chi connectivity index (χ1n) is 22.9. The highest BCUT2D eigenvalue weighted by molar-refractivity contribution is 6.10. The van der Waals surface area contributed by atoms with Gasteiger partial charge in [0.25, 0.3) is 0 Å². The zero-order valence-electron chi connectivity index (χ0n) is 37.4. The van der Waals surface area contributed by atoms with E-state index < -0.39 is 0 Å². The minimum Gasteiger partial charge on any atom is -0.508 e. The first kappa shape index (κ1) is 40.0. The van der Waals surface area contributed by atoms with Crippen LogP contribution in [0.5, 0.6) is 5.75 Å². The van der Waals surface area contributed by atoms with Crippen molar-refractivity contribution in [1.82, 2.24) is 4.57 Å². The first-order chi connectivity index (χ1) is 32.8. The summed E-state index contributed by atoms with van der Waals surface area (Å²) in [4.78, 5) is 4.54. The molecule has 10 aromatic rings. The SMILES string of the molecule is C=C1/C=C(c2ccc(N(c3ccc(O)cc3)c3ccc(-c4ccc5c(c4)c4ccccc4n5-c4ccccc4)cc3)cc2)\C=C/N(c2ccccc2)c2cc3c(cc21)-c1ccccc1C3(C)C. The second-order valence-electron chi connectivity index (χ2n) is 18.1. The Labute approximate surface area is 391 Å². The monoisotopic (exact) mass is 861 g/mol. The largest absolute Gasteiger partial charge is 0.508 e. The van der Waals surface area contributed by atoms with Crippen LogP contribution >= 0.6 is 0 Å². The van der Waals surface area contributed by atoms with Gasteiger partial charge in [-0.1, -0.05) is 130 Å². The van der Waals surface area contributed by atoms with Gasteiger partial charge in [0.1, 0.15) is 5.75 Å². The smallest absolute Gasteiger partial charge is 0.115 e. The van der Waals surface area contributed by atoms with E-state index in [9.17, 15) is 5.11 Å². The Bertz CT molecular complexity index is 3600. The Kier molecular flexibility index (Phi) is 9.44. The van der Waals surface area contributed by atoms with Crippen LogP contribution in [0.15, 0.2) is 237 Å². The van der Waals surface area contributed by atoms with E-state index in [1.165, 1.54) is 44.1 Å². The quantitative estimate of drug-likeness (QED) is 0.173. The lowest BCUT2D eigenvalue weighted by molar-refractivity contribution is 0.475. The third-order valence-electron chi connectivity index (χ3n) is 13.8. The molecule has 1 aliphatic heterocycles. The predicted molar refractivity (Wildman–Crippen MR) is 281 cm³/mol. The van der Waals surface area contributed by atoms with Crippen LogP contribution in [0.2, 0.25) is 0 Å². The molecule has 2 heterocycles. The van der Waals surface area contributed by atoms with Gasteiger partial charge >= 0.3 is 0 Å². The molecule has 0 spiro atoms. The molecule has 0 unspecified atom stereocenters. The van der Waals surface area contributed by atoms with Gasteiger partial charge in [-0.2, -0.15) is 0 Å². The summed E-state index contributed by atoms with van der Waals surface area (Å²) in [6, 6.07) is 75.1. The van der Waals surface area contributed by atoms with Crippen LogP contribution in [-0.4, -0.2) is 9.67 Å². The molecule has 320 valence electrons. The van der Waals surface area contributed by atoms with Crippen molar-refractivity contribution in [2.45, 2.75) is 19.3 Å². The second-order valence-corrected chi connectivity index (χ2v) is 18.1. The molecule has 4 nitrogen and oxygen atoms in total. The number of fused-ring (bicyclic) bond motifs is 7. The molecule has 1 aliphatic carbocycles. The van der Waals surface area contributed by atoms with Crippen LogP contribution < -0.4 is 9.80 Å². The standard InChI is InChI=1S/C63H47N3O/c1-42-38-46(36-37-64(47-14-6-4-7-15-47)62-41-59-56(40-55(42)62)53-18-10-12-20-58(53)63(59,2)3)44-24-29-50(30-25-44)65(51-31-33-52(67)34-32-51)49-27-22-43(23-28-49)45-26-35-61-57(39-45)54-19-11-13-21-60(54)66(61)48-16-8-5-9-17-48/h4-41,67H,1H2,2-3H3/b37-36-,46-38+. The van der Waals surface area contributed by atoms with Crippen molar-refractivity contribution in [2.75, 3.05) is 9.80 Å². The van der Waals surface area contributed by atoms with E-state index in [4.69, 9.17) is 6.58 Å². The first-order valence-corrected chi connectivity index (χ1v) is 22.9. The number of nitrogens with zero attached hydrogens (tertiary/aromatic N) is 3. The molecule has 0 bridgehead atoms. The molecule has 0 saturated carbocycles. The molecule has 0 amide bonds. The van der Waals surface area contributed by atoms with E-state index >= 15 is 0 Å². The molecule has 2 aliphatic rings.